The van der Waals surface area contributed by atoms with Crippen LogP contribution in [0.3, 0.4) is 0 Å². The first kappa shape index (κ1) is 13.9. The fraction of sp³-hybridized carbons (Fsp3) is 0.533. The Balaban J connectivity index is 1.88. The van der Waals surface area contributed by atoms with Gasteiger partial charge in [-0.3, -0.25) is 4.79 Å². The molecule has 1 aliphatic rings. The Morgan fingerprint density at radius 2 is 2.37 bits per heavy atom. The number of aryl methyl sites for hydroxylation is 1. The molecule has 0 radical (unpaired) electrons. The lowest BCUT2D eigenvalue weighted by Crippen LogP contribution is -2.33. The second-order valence-corrected chi connectivity index (χ2v) is 4.75. The fourth-order valence-corrected chi connectivity index (χ4v) is 2.23. The zero-order chi connectivity index (χ0) is 13.7. The Morgan fingerprint density at radius 3 is 3.00 bits per heavy atom. The van der Waals surface area contributed by atoms with Crippen molar-refractivity contribution in [3.8, 4) is 5.75 Å². The highest BCUT2D eigenvalue weighted by atomic mass is 16.5. The normalized spacial score (nSPS) is 18.3. The molecular formula is C15H21NO3. The molecule has 4 heteroatoms. The van der Waals surface area contributed by atoms with Gasteiger partial charge in [0.2, 0.25) is 5.91 Å². The molecule has 0 bridgehead atoms. The molecule has 1 aliphatic heterocycles. The van der Waals surface area contributed by atoms with Gasteiger partial charge in [-0.05, 0) is 43.9 Å². The van der Waals surface area contributed by atoms with Crippen LogP contribution in [0.15, 0.2) is 18.2 Å². The smallest absolute Gasteiger partial charge is 0.249 e. The van der Waals surface area contributed by atoms with E-state index in [1.54, 1.807) is 0 Å². The molecule has 0 aliphatic carbocycles. The molecule has 1 amide bonds. The Hall–Kier alpha value is -1.55. The SMILES string of the molecule is CCOc1ccc(CNC(=O)C2CCCO2)cc1C. The van der Waals surface area contributed by atoms with E-state index in [0.717, 1.165) is 29.7 Å². The van der Waals surface area contributed by atoms with E-state index in [0.29, 0.717) is 19.8 Å². The Morgan fingerprint density at radius 1 is 1.53 bits per heavy atom. The Kier molecular flexibility index (Phi) is 4.80. The summed E-state index contributed by atoms with van der Waals surface area (Å²) in [5.74, 6) is 0.890. The average Bonchev–Trinajstić information content (AvgIpc) is 2.93. The van der Waals surface area contributed by atoms with Gasteiger partial charge >= 0.3 is 0 Å². The summed E-state index contributed by atoms with van der Waals surface area (Å²) in [6.45, 7) is 5.87. The van der Waals surface area contributed by atoms with Gasteiger partial charge in [-0.15, -0.1) is 0 Å². The molecule has 1 unspecified atom stereocenters. The van der Waals surface area contributed by atoms with Crippen molar-refractivity contribution in [1.29, 1.82) is 0 Å². The maximum atomic E-state index is 11.8. The van der Waals surface area contributed by atoms with Crippen LogP contribution >= 0.6 is 0 Å². The van der Waals surface area contributed by atoms with Crippen LogP contribution in [0.5, 0.6) is 5.75 Å². The van der Waals surface area contributed by atoms with Crippen molar-refractivity contribution in [1.82, 2.24) is 5.32 Å². The van der Waals surface area contributed by atoms with Gasteiger partial charge in [0.25, 0.3) is 0 Å². The van der Waals surface area contributed by atoms with Crippen molar-refractivity contribution in [3.63, 3.8) is 0 Å². The third-order valence-electron chi connectivity index (χ3n) is 3.23. The predicted molar refractivity (Wildman–Crippen MR) is 73.2 cm³/mol. The molecule has 104 valence electrons. The molecule has 19 heavy (non-hydrogen) atoms. The van der Waals surface area contributed by atoms with Crippen LogP contribution in [-0.4, -0.2) is 25.2 Å². The number of hydrogen-bond acceptors (Lipinski definition) is 3. The van der Waals surface area contributed by atoms with Crippen molar-refractivity contribution in [2.75, 3.05) is 13.2 Å². The van der Waals surface area contributed by atoms with E-state index in [2.05, 4.69) is 5.32 Å². The molecule has 1 atom stereocenters. The minimum absolute atomic E-state index is 0.0102. The summed E-state index contributed by atoms with van der Waals surface area (Å²) in [5, 5.41) is 2.91. The molecule has 1 heterocycles. The lowest BCUT2D eigenvalue weighted by atomic mass is 10.1. The van der Waals surface area contributed by atoms with Crippen LogP contribution in [0.25, 0.3) is 0 Å². The van der Waals surface area contributed by atoms with Crippen LogP contribution in [0, 0.1) is 6.92 Å². The minimum atomic E-state index is -0.260. The van der Waals surface area contributed by atoms with Crippen LogP contribution in [0.4, 0.5) is 0 Å². The van der Waals surface area contributed by atoms with Gasteiger partial charge in [0, 0.05) is 13.2 Å². The van der Waals surface area contributed by atoms with Gasteiger partial charge in [0.15, 0.2) is 0 Å². The van der Waals surface area contributed by atoms with E-state index in [1.165, 1.54) is 0 Å². The van der Waals surface area contributed by atoms with Crippen LogP contribution in [0.1, 0.15) is 30.9 Å². The molecule has 0 aromatic heterocycles. The average molecular weight is 263 g/mol. The first-order valence-corrected chi connectivity index (χ1v) is 6.82. The van der Waals surface area contributed by atoms with Crippen LogP contribution in [-0.2, 0) is 16.1 Å². The van der Waals surface area contributed by atoms with E-state index < -0.39 is 0 Å². The maximum Gasteiger partial charge on any atom is 0.249 e. The minimum Gasteiger partial charge on any atom is -0.494 e. The molecule has 1 N–H and O–H groups in total. The number of hydrogen-bond donors (Lipinski definition) is 1. The Bertz CT molecular complexity index is 439. The van der Waals surface area contributed by atoms with Gasteiger partial charge in [0.05, 0.1) is 6.61 Å². The molecular weight excluding hydrogens is 242 g/mol. The number of ether oxygens (including phenoxy) is 2. The first-order chi connectivity index (χ1) is 9.20. The zero-order valence-electron chi connectivity index (χ0n) is 11.6. The largest absolute Gasteiger partial charge is 0.494 e. The summed E-state index contributed by atoms with van der Waals surface area (Å²) in [6.07, 6.45) is 1.54. The van der Waals surface area contributed by atoms with Crippen molar-refractivity contribution in [2.45, 2.75) is 39.3 Å². The van der Waals surface area contributed by atoms with Gasteiger partial charge in [-0.25, -0.2) is 0 Å². The molecule has 0 saturated carbocycles. The van der Waals surface area contributed by atoms with E-state index in [-0.39, 0.29) is 12.0 Å². The molecule has 4 nitrogen and oxygen atoms in total. The molecule has 0 spiro atoms. The summed E-state index contributed by atoms with van der Waals surface area (Å²) >= 11 is 0. The number of carbonyl (C=O) groups excluding carboxylic acids is 1. The van der Waals surface area contributed by atoms with Crippen LogP contribution < -0.4 is 10.1 Å². The molecule has 1 aromatic carbocycles. The molecule has 2 rings (SSSR count). The third kappa shape index (κ3) is 3.70. The quantitative estimate of drug-likeness (QED) is 0.886. The lowest BCUT2D eigenvalue weighted by molar-refractivity contribution is -0.130. The summed E-state index contributed by atoms with van der Waals surface area (Å²) < 4.78 is 10.8. The summed E-state index contributed by atoms with van der Waals surface area (Å²) in [6, 6.07) is 5.97. The van der Waals surface area contributed by atoms with Gasteiger partial charge < -0.3 is 14.8 Å². The standard InChI is InChI=1S/C15H21NO3/c1-3-18-13-7-6-12(9-11(13)2)10-16-15(17)14-5-4-8-19-14/h6-7,9,14H,3-5,8,10H2,1-2H3,(H,16,17). The Labute approximate surface area is 114 Å². The highest BCUT2D eigenvalue weighted by Gasteiger charge is 2.22. The number of carbonyl (C=O) groups is 1. The topological polar surface area (TPSA) is 47.6 Å². The number of benzene rings is 1. The summed E-state index contributed by atoms with van der Waals surface area (Å²) in [7, 11) is 0. The molecule has 1 fully saturated rings. The monoisotopic (exact) mass is 263 g/mol. The van der Waals surface area contributed by atoms with E-state index >= 15 is 0 Å². The third-order valence-corrected chi connectivity index (χ3v) is 3.23. The summed E-state index contributed by atoms with van der Waals surface area (Å²) in [5.41, 5.74) is 2.16. The van der Waals surface area contributed by atoms with Gasteiger partial charge in [-0.2, -0.15) is 0 Å². The second-order valence-electron chi connectivity index (χ2n) is 4.75. The molecule has 1 saturated heterocycles. The predicted octanol–water partition coefficient (Wildman–Crippen LogP) is 2.19. The van der Waals surface area contributed by atoms with E-state index in [9.17, 15) is 4.79 Å². The van der Waals surface area contributed by atoms with E-state index in [4.69, 9.17) is 9.47 Å². The van der Waals surface area contributed by atoms with Crippen molar-refractivity contribution >= 4 is 5.91 Å². The van der Waals surface area contributed by atoms with Crippen molar-refractivity contribution < 1.29 is 14.3 Å². The van der Waals surface area contributed by atoms with Gasteiger partial charge in [0.1, 0.15) is 11.9 Å². The number of amides is 1. The zero-order valence-corrected chi connectivity index (χ0v) is 11.6. The maximum absolute atomic E-state index is 11.8. The first-order valence-electron chi connectivity index (χ1n) is 6.82. The molecule has 1 aromatic rings. The second kappa shape index (κ2) is 6.57. The highest BCUT2D eigenvalue weighted by Crippen LogP contribution is 2.19. The highest BCUT2D eigenvalue weighted by molar-refractivity contribution is 5.80. The van der Waals surface area contributed by atoms with Gasteiger partial charge in [-0.1, -0.05) is 12.1 Å². The van der Waals surface area contributed by atoms with Crippen molar-refractivity contribution in [3.05, 3.63) is 29.3 Å². The number of nitrogens with one attached hydrogen (secondary N) is 1. The van der Waals surface area contributed by atoms with Crippen LogP contribution in [0.2, 0.25) is 0 Å². The summed E-state index contributed by atoms with van der Waals surface area (Å²) in [4.78, 5) is 11.8. The fourth-order valence-electron chi connectivity index (χ4n) is 2.23. The number of rotatable bonds is 5. The lowest BCUT2D eigenvalue weighted by Gasteiger charge is -2.12. The van der Waals surface area contributed by atoms with Crippen molar-refractivity contribution in [2.24, 2.45) is 0 Å². The van der Waals surface area contributed by atoms with E-state index in [1.807, 2.05) is 32.0 Å².